The molecule has 0 aliphatic carbocycles. The van der Waals surface area contributed by atoms with Gasteiger partial charge in [-0.2, -0.15) is 0 Å². The van der Waals surface area contributed by atoms with Crippen molar-refractivity contribution >= 4 is 39.5 Å². The van der Waals surface area contributed by atoms with E-state index in [1.54, 1.807) is 0 Å². The summed E-state index contributed by atoms with van der Waals surface area (Å²) < 4.78 is 69.1. The van der Waals surface area contributed by atoms with Crippen molar-refractivity contribution in [3.8, 4) is 0 Å². The van der Waals surface area contributed by atoms with Crippen LogP contribution in [-0.2, 0) is 65.4 Å². The highest BCUT2D eigenvalue weighted by molar-refractivity contribution is 7.47. The normalized spacial score (nSPS) is 13.9. The van der Waals surface area contributed by atoms with Gasteiger partial charge < -0.3 is 33.8 Å². The molecule has 0 amide bonds. The van der Waals surface area contributed by atoms with Crippen LogP contribution in [0.4, 0.5) is 0 Å². The average Bonchev–Trinajstić information content (AvgIpc) is 0.901. The van der Waals surface area contributed by atoms with Crippen LogP contribution in [0, 0.1) is 5.92 Å². The van der Waals surface area contributed by atoms with Crippen molar-refractivity contribution in [3.05, 3.63) is 0 Å². The van der Waals surface area contributed by atoms with Gasteiger partial charge in [0.15, 0.2) is 12.2 Å². The van der Waals surface area contributed by atoms with Gasteiger partial charge in [0.1, 0.15) is 19.3 Å². The quantitative estimate of drug-likeness (QED) is 0.0222. The van der Waals surface area contributed by atoms with Gasteiger partial charge in [-0.15, -0.1) is 0 Å². The van der Waals surface area contributed by atoms with Gasteiger partial charge in [-0.3, -0.25) is 37.3 Å². The van der Waals surface area contributed by atoms with E-state index in [0.717, 1.165) is 102 Å². The first-order valence-corrected chi connectivity index (χ1v) is 50.7. The Kier molecular flexibility index (Phi) is 83.0. The van der Waals surface area contributed by atoms with Crippen LogP contribution in [0.5, 0.6) is 0 Å². The molecule has 0 spiro atoms. The zero-order valence-electron chi connectivity index (χ0n) is 73.1. The lowest BCUT2D eigenvalue weighted by atomic mass is 10.00. The predicted molar refractivity (Wildman–Crippen MR) is 460 cm³/mol. The molecular formula is C92H180O17P2. The highest BCUT2D eigenvalue weighted by Gasteiger charge is 2.31. The van der Waals surface area contributed by atoms with Crippen LogP contribution in [0.2, 0.25) is 0 Å². The summed E-state index contributed by atoms with van der Waals surface area (Å²) in [5.74, 6) is -1.36. The lowest BCUT2D eigenvalue weighted by molar-refractivity contribution is -0.161. The fourth-order valence-corrected chi connectivity index (χ4v) is 16.1. The molecule has 0 saturated heterocycles. The second kappa shape index (κ2) is 84.5. The summed E-state index contributed by atoms with van der Waals surface area (Å²) in [5, 5.41) is 10.7. The van der Waals surface area contributed by atoms with Crippen molar-refractivity contribution in [1.82, 2.24) is 0 Å². The minimum Gasteiger partial charge on any atom is -0.462 e. The highest BCUT2D eigenvalue weighted by Crippen LogP contribution is 2.45. The van der Waals surface area contributed by atoms with E-state index < -0.39 is 97.5 Å². The van der Waals surface area contributed by atoms with Crippen LogP contribution >= 0.6 is 15.6 Å². The van der Waals surface area contributed by atoms with E-state index in [1.165, 1.54) is 321 Å². The second-order valence-corrected chi connectivity index (χ2v) is 36.2. The van der Waals surface area contributed by atoms with E-state index >= 15 is 0 Å². The summed E-state index contributed by atoms with van der Waals surface area (Å²) in [4.78, 5) is 73.4. The van der Waals surface area contributed by atoms with Crippen LogP contribution in [0.15, 0.2) is 0 Å². The van der Waals surface area contributed by atoms with Gasteiger partial charge in [0, 0.05) is 25.7 Å². The molecule has 0 aromatic heterocycles. The van der Waals surface area contributed by atoms with E-state index in [-0.39, 0.29) is 25.7 Å². The van der Waals surface area contributed by atoms with Crippen molar-refractivity contribution < 1.29 is 80.2 Å². The van der Waals surface area contributed by atoms with Crippen molar-refractivity contribution in [3.63, 3.8) is 0 Å². The number of aliphatic hydroxyl groups excluding tert-OH is 1. The zero-order chi connectivity index (χ0) is 81.1. The lowest BCUT2D eigenvalue weighted by Gasteiger charge is -2.21. The number of carbonyl (C=O) groups is 4. The molecule has 0 aromatic rings. The van der Waals surface area contributed by atoms with E-state index in [9.17, 15) is 43.2 Å². The van der Waals surface area contributed by atoms with Crippen LogP contribution in [0.1, 0.15) is 503 Å². The Labute approximate surface area is 683 Å². The monoisotopic (exact) mass is 1620 g/mol. The molecule has 111 heavy (non-hydrogen) atoms. The molecule has 0 heterocycles. The Morgan fingerprint density at radius 2 is 0.432 bits per heavy atom. The van der Waals surface area contributed by atoms with Gasteiger partial charge in [-0.1, -0.05) is 452 Å². The molecular weight excluding hydrogens is 1440 g/mol. The standard InChI is InChI=1S/C92H180O17P2/c1-6-10-13-16-19-22-25-28-31-34-37-39-41-43-46-49-52-55-58-61-68-72-77-91(96)108-87(81-102-89(94)75-70-65-59-56-53-50-47-45-42-40-38-35-32-29-26-23-20-17-14-11-7-2)83-106-110(98,99)104-79-86(93)80-105-111(100,101)107-84-88(82-103-90(95)76-71-66-63-62-64-69-74-85(5)9-4)109-92(97)78-73-67-60-57-54-51-48-44-36-33-30-27-24-21-18-15-12-8-3/h85-88,93H,6-84H2,1-5H3,(H,98,99)(H,100,101)/t85?,86-,87-,88-/m1/s1. The maximum atomic E-state index is 13.2. The minimum atomic E-state index is -4.97. The van der Waals surface area contributed by atoms with Crippen molar-refractivity contribution in [2.45, 2.75) is 522 Å². The number of hydrogen-bond acceptors (Lipinski definition) is 15. The molecule has 0 saturated carbocycles. The molecule has 0 rings (SSSR count). The molecule has 660 valence electrons. The molecule has 0 fully saturated rings. The summed E-state index contributed by atoms with van der Waals surface area (Å²) in [7, 11) is -9.94. The third kappa shape index (κ3) is 84.3. The average molecular weight is 1620 g/mol. The predicted octanol–water partition coefficient (Wildman–Crippen LogP) is 28.7. The minimum absolute atomic E-state index is 0.108. The molecule has 17 nitrogen and oxygen atoms in total. The summed E-state index contributed by atoms with van der Waals surface area (Å²) in [6.07, 6.45) is 80.9. The van der Waals surface area contributed by atoms with E-state index in [4.69, 9.17) is 37.0 Å². The molecule has 0 aliphatic heterocycles. The van der Waals surface area contributed by atoms with Crippen molar-refractivity contribution in [2.24, 2.45) is 5.92 Å². The van der Waals surface area contributed by atoms with Crippen LogP contribution in [-0.4, -0.2) is 96.7 Å². The van der Waals surface area contributed by atoms with Gasteiger partial charge in [0.2, 0.25) is 0 Å². The maximum absolute atomic E-state index is 13.2. The van der Waals surface area contributed by atoms with Crippen molar-refractivity contribution in [2.75, 3.05) is 39.6 Å². The second-order valence-electron chi connectivity index (χ2n) is 33.3. The molecule has 0 radical (unpaired) electrons. The molecule has 3 unspecified atom stereocenters. The lowest BCUT2D eigenvalue weighted by Crippen LogP contribution is -2.30. The largest absolute Gasteiger partial charge is 0.472 e. The van der Waals surface area contributed by atoms with Crippen LogP contribution < -0.4 is 0 Å². The number of hydrogen-bond donors (Lipinski definition) is 3. The number of aliphatic hydroxyl groups is 1. The fourth-order valence-electron chi connectivity index (χ4n) is 14.5. The SMILES string of the molecule is CCCCCCCCCCCCCCCCCCCCCCCCC(=O)O[C@H](COC(=O)CCCCCCCCCCCCCCCCCCCCCCC)COP(=O)(O)OC[C@@H](O)COP(=O)(O)OC[C@@H](COC(=O)CCCCCCCCC(C)CC)OC(=O)CCCCCCCCCCCCCCCCCCCC. The number of esters is 4. The number of phosphoric acid groups is 2. The Hall–Kier alpha value is -1.94. The first-order chi connectivity index (χ1) is 54.1. The van der Waals surface area contributed by atoms with Gasteiger partial charge in [-0.25, -0.2) is 9.13 Å². The third-order valence-electron chi connectivity index (χ3n) is 22.1. The Balaban J connectivity index is 5.21. The number of carbonyl (C=O) groups excluding carboxylic acids is 4. The third-order valence-corrected chi connectivity index (χ3v) is 24.0. The summed E-state index contributed by atoms with van der Waals surface area (Å²) in [5.41, 5.74) is 0. The van der Waals surface area contributed by atoms with Gasteiger partial charge >= 0.3 is 39.5 Å². The maximum Gasteiger partial charge on any atom is 0.472 e. The van der Waals surface area contributed by atoms with E-state index in [1.807, 2.05) is 0 Å². The van der Waals surface area contributed by atoms with Crippen molar-refractivity contribution in [1.29, 1.82) is 0 Å². The summed E-state index contributed by atoms with van der Waals surface area (Å²) in [6.45, 7) is 7.36. The molecule has 0 aromatic carbocycles. The Morgan fingerprint density at radius 1 is 0.252 bits per heavy atom. The molecule has 19 heteroatoms. The van der Waals surface area contributed by atoms with Gasteiger partial charge in [0.05, 0.1) is 26.4 Å². The summed E-state index contributed by atoms with van der Waals surface area (Å²) >= 11 is 0. The Bertz CT molecular complexity index is 2100. The van der Waals surface area contributed by atoms with E-state index in [2.05, 4.69) is 34.6 Å². The zero-order valence-corrected chi connectivity index (χ0v) is 74.9. The summed E-state index contributed by atoms with van der Waals surface area (Å²) in [6, 6.07) is 0. The van der Waals surface area contributed by atoms with E-state index in [0.29, 0.717) is 25.7 Å². The Morgan fingerprint density at radius 3 is 0.640 bits per heavy atom. The first-order valence-electron chi connectivity index (χ1n) is 47.7. The van der Waals surface area contributed by atoms with Gasteiger partial charge in [-0.05, 0) is 31.6 Å². The molecule has 6 atom stereocenters. The number of unbranched alkanes of at least 4 members (excludes halogenated alkanes) is 63. The first kappa shape index (κ1) is 109. The number of ether oxygens (including phenoxy) is 4. The van der Waals surface area contributed by atoms with Crippen LogP contribution in [0.25, 0.3) is 0 Å². The topological polar surface area (TPSA) is 237 Å². The number of phosphoric ester groups is 2. The molecule has 0 aliphatic rings. The molecule has 0 bridgehead atoms. The van der Waals surface area contributed by atoms with Gasteiger partial charge in [0.25, 0.3) is 0 Å². The smallest absolute Gasteiger partial charge is 0.462 e. The molecule has 3 N–H and O–H groups in total. The van der Waals surface area contributed by atoms with Crippen LogP contribution in [0.3, 0.4) is 0 Å². The fraction of sp³-hybridized carbons (Fsp3) is 0.957. The highest BCUT2D eigenvalue weighted by atomic mass is 31.2. The number of rotatable bonds is 92.